The second kappa shape index (κ2) is 8.95. The van der Waals surface area contributed by atoms with E-state index in [1.165, 1.54) is 0 Å². The van der Waals surface area contributed by atoms with Crippen molar-refractivity contribution in [2.45, 2.75) is 25.8 Å². The summed E-state index contributed by atoms with van der Waals surface area (Å²) in [5.74, 6) is 0.0121. The van der Waals surface area contributed by atoms with Crippen molar-refractivity contribution in [1.29, 1.82) is 0 Å². The SMILES string of the molecule is Cc1cccc(C(=O)N2CCC(NC(=O)c3ccc(-c4ccccc4)cc3)CC2)c1. The van der Waals surface area contributed by atoms with E-state index in [9.17, 15) is 9.59 Å². The van der Waals surface area contributed by atoms with Crippen molar-refractivity contribution in [3.63, 3.8) is 0 Å². The Hall–Kier alpha value is -3.40. The van der Waals surface area contributed by atoms with Gasteiger partial charge in [-0.3, -0.25) is 9.59 Å². The minimum atomic E-state index is -0.0573. The maximum absolute atomic E-state index is 12.7. The van der Waals surface area contributed by atoms with Gasteiger partial charge < -0.3 is 10.2 Å². The van der Waals surface area contributed by atoms with Crippen LogP contribution in [0, 0.1) is 6.92 Å². The summed E-state index contributed by atoms with van der Waals surface area (Å²) in [5.41, 5.74) is 4.70. The number of nitrogens with zero attached hydrogens (tertiary/aromatic N) is 1. The Kier molecular flexibility index (Phi) is 5.94. The van der Waals surface area contributed by atoms with Crippen LogP contribution in [-0.4, -0.2) is 35.8 Å². The summed E-state index contributed by atoms with van der Waals surface area (Å²) in [6, 6.07) is 25.6. The van der Waals surface area contributed by atoms with Crippen LogP contribution in [0.25, 0.3) is 11.1 Å². The van der Waals surface area contributed by atoms with Gasteiger partial charge in [0.1, 0.15) is 0 Å². The number of carbonyl (C=O) groups excluding carboxylic acids is 2. The molecular weight excluding hydrogens is 372 g/mol. The topological polar surface area (TPSA) is 49.4 Å². The molecule has 0 radical (unpaired) electrons. The molecule has 1 saturated heterocycles. The smallest absolute Gasteiger partial charge is 0.253 e. The third-order valence-corrected chi connectivity index (χ3v) is 5.64. The molecule has 1 heterocycles. The van der Waals surface area contributed by atoms with Crippen LogP contribution in [0.1, 0.15) is 39.1 Å². The fraction of sp³-hybridized carbons (Fsp3) is 0.231. The lowest BCUT2D eigenvalue weighted by Crippen LogP contribution is -2.46. The number of hydrogen-bond donors (Lipinski definition) is 1. The minimum Gasteiger partial charge on any atom is -0.349 e. The van der Waals surface area contributed by atoms with E-state index in [1.807, 2.05) is 78.6 Å². The normalized spacial score (nSPS) is 14.4. The average molecular weight is 399 g/mol. The number of benzene rings is 3. The average Bonchev–Trinajstić information content (AvgIpc) is 2.80. The van der Waals surface area contributed by atoms with Crippen molar-refractivity contribution in [3.05, 3.63) is 95.6 Å². The monoisotopic (exact) mass is 398 g/mol. The Morgan fingerprint density at radius 3 is 2.13 bits per heavy atom. The fourth-order valence-corrected chi connectivity index (χ4v) is 3.90. The van der Waals surface area contributed by atoms with E-state index in [-0.39, 0.29) is 17.9 Å². The third-order valence-electron chi connectivity index (χ3n) is 5.64. The number of aryl methyl sites for hydroxylation is 1. The first-order valence-electron chi connectivity index (χ1n) is 10.4. The van der Waals surface area contributed by atoms with Crippen molar-refractivity contribution in [3.8, 4) is 11.1 Å². The van der Waals surface area contributed by atoms with Gasteiger partial charge in [-0.25, -0.2) is 0 Å². The van der Waals surface area contributed by atoms with Gasteiger partial charge in [0.2, 0.25) is 0 Å². The summed E-state index contributed by atoms with van der Waals surface area (Å²) in [7, 11) is 0. The van der Waals surface area contributed by atoms with Gasteiger partial charge in [-0.05, 0) is 55.2 Å². The number of piperidine rings is 1. The molecule has 0 aliphatic carbocycles. The quantitative estimate of drug-likeness (QED) is 0.693. The lowest BCUT2D eigenvalue weighted by Gasteiger charge is -2.32. The first-order chi connectivity index (χ1) is 14.6. The van der Waals surface area contributed by atoms with Crippen LogP contribution in [0.5, 0.6) is 0 Å². The number of hydrogen-bond acceptors (Lipinski definition) is 2. The Bertz CT molecular complexity index is 1020. The van der Waals surface area contributed by atoms with Crippen LogP contribution in [0.3, 0.4) is 0 Å². The second-order valence-corrected chi connectivity index (χ2v) is 7.85. The van der Waals surface area contributed by atoms with Gasteiger partial charge in [0.25, 0.3) is 11.8 Å². The van der Waals surface area contributed by atoms with Crippen LogP contribution in [0.15, 0.2) is 78.9 Å². The molecular formula is C26H26N2O2. The molecule has 4 rings (SSSR count). The predicted molar refractivity (Wildman–Crippen MR) is 119 cm³/mol. The molecule has 0 bridgehead atoms. The van der Waals surface area contributed by atoms with Gasteiger partial charge in [-0.1, -0.05) is 60.2 Å². The molecule has 1 aliphatic rings. The molecule has 152 valence electrons. The minimum absolute atomic E-state index is 0.0573. The van der Waals surface area contributed by atoms with Gasteiger partial charge >= 0.3 is 0 Å². The summed E-state index contributed by atoms with van der Waals surface area (Å²) in [5, 5.41) is 3.13. The highest BCUT2D eigenvalue weighted by Gasteiger charge is 2.25. The molecule has 2 amide bonds. The van der Waals surface area contributed by atoms with E-state index < -0.39 is 0 Å². The van der Waals surface area contributed by atoms with Crippen LogP contribution in [-0.2, 0) is 0 Å². The van der Waals surface area contributed by atoms with Gasteiger partial charge in [0.05, 0.1) is 0 Å². The largest absolute Gasteiger partial charge is 0.349 e. The van der Waals surface area contributed by atoms with E-state index in [4.69, 9.17) is 0 Å². The van der Waals surface area contributed by atoms with E-state index >= 15 is 0 Å². The van der Waals surface area contributed by atoms with Crippen LogP contribution < -0.4 is 5.32 Å². The Morgan fingerprint density at radius 1 is 0.800 bits per heavy atom. The molecule has 1 N–H and O–H groups in total. The highest BCUT2D eigenvalue weighted by Crippen LogP contribution is 2.20. The van der Waals surface area contributed by atoms with E-state index in [0.717, 1.165) is 35.1 Å². The molecule has 0 unspecified atom stereocenters. The predicted octanol–water partition coefficient (Wildman–Crippen LogP) is 4.70. The standard InChI is InChI=1S/C26H26N2O2/c1-19-6-5-9-23(18-19)26(30)28-16-14-24(15-17-28)27-25(29)22-12-10-21(11-13-22)20-7-3-2-4-8-20/h2-13,18,24H,14-17H2,1H3,(H,27,29). The van der Waals surface area contributed by atoms with Gasteiger partial charge in [-0.15, -0.1) is 0 Å². The van der Waals surface area contributed by atoms with E-state index in [2.05, 4.69) is 17.4 Å². The number of amides is 2. The number of likely N-dealkylation sites (tertiary alicyclic amines) is 1. The Balaban J connectivity index is 1.31. The number of carbonyl (C=O) groups is 2. The first kappa shape index (κ1) is 19.9. The lowest BCUT2D eigenvalue weighted by atomic mass is 10.0. The van der Waals surface area contributed by atoms with Gasteiger partial charge in [0.15, 0.2) is 0 Å². The van der Waals surface area contributed by atoms with Crippen LogP contribution in [0.2, 0.25) is 0 Å². The molecule has 1 fully saturated rings. The van der Waals surface area contributed by atoms with Crippen LogP contribution >= 0.6 is 0 Å². The third kappa shape index (κ3) is 4.60. The summed E-state index contributed by atoms with van der Waals surface area (Å²) >= 11 is 0. The zero-order valence-corrected chi connectivity index (χ0v) is 17.2. The van der Waals surface area contributed by atoms with Crippen molar-refractivity contribution >= 4 is 11.8 Å². The molecule has 4 nitrogen and oxygen atoms in total. The number of nitrogens with one attached hydrogen (secondary N) is 1. The summed E-state index contributed by atoms with van der Waals surface area (Å²) < 4.78 is 0. The Labute approximate surface area is 177 Å². The van der Waals surface area contributed by atoms with E-state index in [0.29, 0.717) is 18.7 Å². The van der Waals surface area contributed by atoms with Gasteiger partial charge in [-0.2, -0.15) is 0 Å². The first-order valence-corrected chi connectivity index (χ1v) is 10.4. The Morgan fingerprint density at radius 2 is 1.47 bits per heavy atom. The molecule has 1 aliphatic heterocycles. The zero-order valence-electron chi connectivity index (χ0n) is 17.2. The van der Waals surface area contributed by atoms with Crippen LogP contribution in [0.4, 0.5) is 0 Å². The van der Waals surface area contributed by atoms with Crippen molar-refractivity contribution in [2.24, 2.45) is 0 Å². The highest BCUT2D eigenvalue weighted by atomic mass is 16.2. The summed E-state index contributed by atoms with van der Waals surface area (Å²) in [4.78, 5) is 27.2. The van der Waals surface area contributed by atoms with Crippen molar-refractivity contribution in [2.75, 3.05) is 13.1 Å². The summed E-state index contributed by atoms with van der Waals surface area (Å²) in [6.45, 7) is 3.31. The molecule has 0 spiro atoms. The molecule has 0 aromatic heterocycles. The molecule has 3 aromatic carbocycles. The maximum Gasteiger partial charge on any atom is 0.253 e. The second-order valence-electron chi connectivity index (χ2n) is 7.85. The summed E-state index contributed by atoms with van der Waals surface area (Å²) in [6.07, 6.45) is 1.54. The maximum atomic E-state index is 12.7. The van der Waals surface area contributed by atoms with E-state index in [1.54, 1.807) is 0 Å². The highest BCUT2D eigenvalue weighted by molar-refractivity contribution is 5.95. The number of rotatable bonds is 4. The lowest BCUT2D eigenvalue weighted by molar-refractivity contribution is 0.0698. The molecule has 0 saturated carbocycles. The zero-order chi connectivity index (χ0) is 20.9. The van der Waals surface area contributed by atoms with Crippen molar-refractivity contribution < 1.29 is 9.59 Å². The molecule has 4 heteroatoms. The molecule has 3 aromatic rings. The van der Waals surface area contributed by atoms with Crippen molar-refractivity contribution in [1.82, 2.24) is 10.2 Å². The molecule has 0 atom stereocenters. The fourth-order valence-electron chi connectivity index (χ4n) is 3.90. The van der Waals surface area contributed by atoms with Gasteiger partial charge in [0, 0.05) is 30.3 Å². The molecule has 30 heavy (non-hydrogen) atoms.